The molecule has 1 aliphatic carbocycles. The van der Waals surface area contributed by atoms with Gasteiger partial charge in [-0.3, -0.25) is 9.59 Å². The van der Waals surface area contributed by atoms with Gasteiger partial charge in [-0.25, -0.2) is 0 Å². The number of halogens is 3. The summed E-state index contributed by atoms with van der Waals surface area (Å²) < 4.78 is 37.6. The van der Waals surface area contributed by atoms with Gasteiger partial charge in [0.2, 0.25) is 11.8 Å². The average Bonchev–Trinajstić information content (AvgIpc) is 3.23. The van der Waals surface area contributed by atoms with Crippen LogP contribution in [-0.2, 0) is 22.2 Å². The SMILES string of the molecule is O=C(NCCc1ccc(C(F)(F)F)cc1)[C@H]1CC(=O)N(C2CCCC2)C1. The number of amides is 2. The van der Waals surface area contributed by atoms with E-state index in [4.69, 9.17) is 0 Å². The molecule has 2 aliphatic rings. The van der Waals surface area contributed by atoms with E-state index in [0.717, 1.165) is 43.4 Å². The van der Waals surface area contributed by atoms with Crippen molar-refractivity contribution in [1.82, 2.24) is 10.2 Å². The van der Waals surface area contributed by atoms with Crippen LogP contribution >= 0.6 is 0 Å². The third-order valence-corrected chi connectivity index (χ3v) is 5.29. The van der Waals surface area contributed by atoms with E-state index < -0.39 is 11.7 Å². The number of likely N-dealkylation sites (tertiary alicyclic amines) is 1. The van der Waals surface area contributed by atoms with E-state index in [1.165, 1.54) is 12.1 Å². The van der Waals surface area contributed by atoms with Gasteiger partial charge in [-0.15, -0.1) is 0 Å². The summed E-state index contributed by atoms with van der Waals surface area (Å²) in [4.78, 5) is 26.3. The summed E-state index contributed by atoms with van der Waals surface area (Å²) in [6.45, 7) is 0.827. The maximum atomic E-state index is 12.5. The highest BCUT2D eigenvalue weighted by Gasteiger charge is 2.38. The van der Waals surface area contributed by atoms with E-state index in [9.17, 15) is 22.8 Å². The van der Waals surface area contributed by atoms with E-state index in [-0.39, 0.29) is 30.2 Å². The van der Waals surface area contributed by atoms with E-state index in [0.29, 0.717) is 19.5 Å². The van der Waals surface area contributed by atoms with Gasteiger partial charge < -0.3 is 10.2 Å². The number of nitrogens with one attached hydrogen (secondary N) is 1. The number of carbonyl (C=O) groups excluding carboxylic acids is 2. The Kier molecular flexibility index (Phi) is 5.53. The van der Waals surface area contributed by atoms with Crippen molar-refractivity contribution >= 4 is 11.8 Å². The lowest BCUT2D eigenvalue weighted by Crippen LogP contribution is -2.37. The Morgan fingerprint density at radius 2 is 1.81 bits per heavy atom. The Labute approximate surface area is 150 Å². The summed E-state index contributed by atoms with van der Waals surface area (Å²) in [5, 5.41) is 2.81. The normalized spacial score (nSPS) is 21.4. The fraction of sp³-hybridized carbons (Fsp3) is 0.579. The summed E-state index contributed by atoms with van der Waals surface area (Å²) in [5.41, 5.74) is 0.0511. The topological polar surface area (TPSA) is 49.4 Å². The molecule has 3 rings (SSSR count). The van der Waals surface area contributed by atoms with Gasteiger partial charge in [-0.1, -0.05) is 25.0 Å². The average molecular weight is 368 g/mol. The van der Waals surface area contributed by atoms with E-state index in [1.807, 2.05) is 4.90 Å². The predicted molar refractivity (Wildman–Crippen MR) is 90.2 cm³/mol. The van der Waals surface area contributed by atoms with Gasteiger partial charge in [0.1, 0.15) is 0 Å². The Morgan fingerprint density at radius 1 is 1.15 bits per heavy atom. The second-order valence-electron chi connectivity index (χ2n) is 7.12. The van der Waals surface area contributed by atoms with Crippen molar-refractivity contribution in [3.8, 4) is 0 Å². The van der Waals surface area contributed by atoms with Crippen LogP contribution in [0.25, 0.3) is 0 Å². The van der Waals surface area contributed by atoms with Crippen LogP contribution in [-0.4, -0.2) is 35.8 Å². The number of hydrogen-bond donors (Lipinski definition) is 1. The van der Waals surface area contributed by atoms with Crippen molar-refractivity contribution in [3.63, 3.8) is 0 Å². The molecule has 142 valence electrons. The Morgan fingerprint density at radius 3 is 2.42 bits per heavy atom. The lowest BCUT2D eigenvalue weighted by atomic mass is 10.1. The van der Waals surface area contributed by atoms with Crippen molar-refractivity contribution in [1.29, 1.82) is 0 Å². The van der Waals surface area contributed by atoms with Crippen molar-refractivity contribution in [2.45, 2.75) is 50.7 Å². The molecule has 4 nitrogen and oxygen atoms in total. The molecule has 0 bridgehead atoms. The summed E-state index contributed by atoms with van der Waals surface area (Å²) in [6, 6.07) is 5.23. The first-order valence-electron chi connectivity index (χ1n) is 9.08. The van der Waals surface area contributed by atoms with Crippen molar-refractivity contribution < 1.29 is 22.8 Å². The van der Waals surface area contributed by atoms with Crippen LogP contribution in [0.2, 0.25) is 0 Å². The van der Waals surface area contributed by atoms with Crippen LogP contribution in [0.5, 0.6) is 0 Å². The Bertz CT molecular complexity index is 652. The minimum Gasteiger partial charge on any atom is -0.355 e. The molecule has 1 heterocycles. The van der Waals surface area contributed by atoms with Gasteiger partial charge in [0, 0.05) is 25.6 Å². The molecule has 1 saturated heterocycles. The van der Waals surface area contributed by atoms with Crippen LogP contribution in [0, 0.1) is 5.92 Å². The first-order chi connectivity index (χ1) is 12.3. The van der Waals surface area contributed by atoms with Crippen molar-refractivity contribution in [3.05, 3.63) is 35.4 Å². The number of rotatable bonds is 5. The first kappa shape index (κ1) is 18.7. The molecule has 1 N–H and O–H groups in total. The van der Waals surface area contributed by atoms with Gasteiger partial charge in [0.15, 0.2) is 0 Å². The molecule has 0 radical (unpaired) electrons. The van der Waals surface area contributed by atoms with Crippen LogP contribution < -0.4 is 5.32 Å². The summed E-state index contributed by atoms with van der Waals surface area (Å²) in [7, 11) is 0. The molecule has 7 heteroatoms. The minimum atomic E-state index is -4.34. The molecule has 0 aromatic heterocycles. The highest BCUT2D eigenvalue weighted by molar-refractivity contribution is 5.89. The van der Waals surface area contributed by atoms with Crippen LogP contribution in [0.15, 0.2) is 24.3 Å². The third-order valence-electron chi connectivity index (χ3n) is 5.29. The lowest BCUT2D eigenvalue weighted by Gasteiger charge is -2.23. The number of hydrogen-bond acceptors (Lipinski definition) is 2. The molecular weight excluding hydrogens is 345 g/mol. The zero-order valence-corrected chi connectivity index (χ0v) is 14.5. The highest BCUT2D eigenvalue weighted by Crippen LogP contribution is 2.30. The van der Waals surface area contributed by atoms with Gasteiger partial charge >= 0.3 is 6.18 Å². The second-order valence-corrected chi connectivity index (χ2v) is 7.12. The van der Waals surface area contributed by atoms with Gasteiger partial charge in [0.05, 0.1) is 11.5 Å². The largest absolute Gasteiger partial charge is 0.416 e. The van der Waals surface area contributed by atoms with Gasteiger partial charge in [-0.2, -0.15) is 13.2 Å². The van der Waals surface area contributed by atoms with Crippen LogP contribution in [0.1, 0.15) is 43.2 Å². The second kappa shape index (κ2) is 7.68. The molecule has 1 aliphatic heterocycles. The molecule has 26 heavy (non-hydrogen) atoms. The maximum absolute atomic E-state index is 12.5. The quantitative estimate of drug-likeness (QED) is 0.868. The fourth-order valence-corrected chi connectivity index (χ4v) is 3.81. The molecule has 1 saturated carbocycles. The molecule has 2 fully saturated rings. The molecule has 0 spiro atoms. The molecular formula is C19H23F3N2O2. The zero-order valence-electron chi connectivity index (χ0n) is 14.5. The smallest absolute Gasteiger partial charge is 0.355 e. The molecule has 2 amide bonds. The highest BCUT2D eigenvalue weighted by atomic mass is 19.4. The summed E-state index contributed by atoms with van der Waals surface area (Å²) >= 11 is 0. The van der Waals surface area contributed by atoms with Gasteiger partial charge in [0.25, 0.3) is 0 Å². The summed E-state index contributed by atoms with van der Waals surface area (Å²) in [6.07, 6.45) is 0.686. The molecule has 0 unspecified atom stereocenters. The number of carbonyl (C=O) groups is 2. The minimum absolute atomic E-state index is 0.0554. The van der Waals surface area contributed by atoms with Crippen molar-refractivity contribution in [2.24, 2.45) is 5.92 Å². The number of alkyl halides is 3. The molecule has 1 aromatic rings. The number of benzene rings is 1. The molecule has 1 aromatic carbocycles. The van der Waals surface area contributed by atoms with Crippen LogP contribution in [0.4, 0.5) is 13.2 Å². The first-order valence-corrected chi connectivity index (χ1v) is 9.08. The molecule has 1 atom stereocenters. The summed E-state index contributed by atoms with van der Waals surface area (Å²) in [5.74, 6) is -0.416. The monoisotopic (exact) mass is 368 g/mol. The third kappa shape index (κ3) is 4.37. The van der Waals surface area contributed by atoms with Crippen LogP contribution in [0.3, 0.4) is 0 Å². The van der Waals surface area contributed by atoms with Gasteiger partial charge in [-0.05, 0) is 37.0 Å². The Balaban J connectivity index is 1.45. The number of nitrogens with zero attached hydrogens (tertiary/aromatic N) is 1. The van der Waals surface area contributed by atoms with E-state index in [2.05, 4.69) is 5.32 Å². The Hall–Kier alpha value is -2.05. The fourth-order valence-electron chi connectivity index (χ4n) is 3.81. The van der Waals surface area contributed by atoms with E-state index in [1.54, 1.807) is 0 Å². The van der Waals surface area contributed by atoms with E-state index >= 15 is 0 Å². The standard InChI is InChI=1S/C19H23F3N2O2/c20-19(21,22)15-7-5-13(6-8-15)9-10-23-18(26)14-11-17(25)24(12-14)16-3-1-2-4-16/h5-8,14,16H,1-4,9-12H2,(H,23,26)/t14-/m0/s1. The predicted octanol–water partition coefficient (Wildman–Crippen LogP) is 3.16. The zero-order chi connectivity index (χ0) is 18.7. The van der Waals surface area contributed by atoms with Crippen molar-refractivity contribution in [2.75, 3.05) is 13.1 Å². The maximum Gasteiger partial charge on any atom is 0.416 e. The lowest BCUT2D eigenvalue weighted by molar-refractivity contribution is -0.137.